The molecule has 1 aliphatic heterocycles. The number of ether oxygens (including phenoxy) is 2. The molecule has 1 aliphatic carbocycles. The van der Waals surface area contributed by atoms with Crippen LogP contribution in [-0.4, -0.2) is 68.1 Å². The molecule has 2 rings (SSSR count). The molecule has 0 aromatic carbocycles. The molecule has 0 bridgehead atoms. The van der Waals surface area contributed by atoms with Crippen LogP contribution < -0.4 is 10.6 Å². The van der Waals surface area contributed by atoms with Gasteiger partial charge in [-0.3, -0.25) is 0 Å². The van der Waals surface area contributed by atoms with E-state index in [9.17, 15) is 4.79 Å². The lowest BCUT2D eigenvalue weighted by Gasteiger charge is -2.38. The Kier molecular flexibility index (Phi) is 5.46. The highest BCUT2D eigenvalue weighted by Crippen LogP contribution is 2.21. The van der Waals surface area contributed by atoms with Crippen molar-refractivity contribution in [3.8, 4) is 0 Å². The molecule has 0 aromatic heterocycles. The first-order chi connectivity index (χ1) is 9.82. The normalized spacial score (nSPS) is 30.6. The number of rotatable bonds is 4. The monoisotopic (exact) mass is 299 g/mol. The lowest BCUT2D eigenvalue weighted by Crippen LogP contribution is -2.55. The summed E-state index contributed by atoms with van der Waals surface area (Å²) in [6.45, 7) is 9.32. The first-order valence-corrected chi connectivity index (χ1v) is 7.85. The van der Waals surface area contributed by atoms with Gasteiger partial charge in [0.2, 0.25) is 0 Å². The van der Waals surface area contributed by atoms with E-state index in [1.54, 1.807) is 0 Å². The van der Waals surface area contributed by atoms with Crippen molar-refractivity contribution in [2.75, 3.05) is 33.3 Å². The van der Waals surface area contributed by atoms with Crippen LogP contribution in [0, 0.1) is 0 Å². The summed E-state index contributed by atoms with van der Waals surface area (Å²) in [7, 11) is 2.12. The summed E-state index contributed by atoms with van der Waals surface area (Å²) in [4.78, 5) is 13.9. The first-order valence-electron chi connectivity index (χ1n) is 7.85. The number of amides is 1. The maximum absolute atomic E-state index is 11.6. The van der Waals surface area contributed by atoms with E-state index in [0.29, 0.717) is 6.04 Å². The Hall–Kier alpha value is -0.850. The highest BCUT2D eigenvalue weighted by molar-refractivity contribution is 5.68. The number of hydrogen-bond acceptors (Lipinski definition) is 5. The van der Waals surface area contributed by atoms with E-state index in [4.69, 9.17) is 9.47 Å². The zero-order valence-electron chi connectivity index (χ0n) is 13.6. The van der Waals surface area contributed by atoms with Crippen LogP contribution in [0.2, 0.25) is 0 Å². The molecule has 122 valence electrons. The molecule has 0 spiro atoms. The predicted octanol–water partition coefficient (Wildman–Crippen LogP) is 0.962. The van der Waals surface area contributed by atoms with E-state index in [-0.39, 0.29) is 18.2 Å². The molecule has 0 radical (unpaired) electrons. The van der Waals surface area contributed by atoms with Crippen molar-refractivity contribution in [2.45, 2.75) is 57.4 Å². The Bertz CT molecular complexity index is 351. The average molecular weight is 299 g/mol. The predicted molar refractivity (Wildman–Crippen MR) is 81.4 cm³/mol. The quantitative estimate of drug-likeness (QED) is 0.810. The first kappa shape index (κ1) is 16.5. The summed E-state index contributed by atoms with van der Waals surface area (Å²) in [5, 5.41) is 6.42. The van der Waals surface area contributed by atoms with E-state index in [1.807, 2.05) is 20.8 Å². The molecule has 2 N–H and O–H groups in total. The fourth-order valence-corrected chi connectivity index (χ4v) is 2.67. The lowest BCUT2D eigenvalue weighted by atomic mass is 9.87. The maximum Gasteiger partial charge on any atom is 0.407 e. The second kappa shape index (κ2) is 6.94. The van der Waals surface area contributed by atoms with Crippen LogP contribution in [-0.2, 0) is 9.47 Å². The van der Waals surface area contributed by atoms with Crippen LogP contribution in [0.4, 0.5) is 4.79 Å². The number of carbonyl (C=O) groups is 1. The summed E-state index contributed by atoms with van der Waals surface area (Å²) < 4.78 is 11.0. The molecular formula is C15H29N3O3. The number of nitrogens with zero attached hydrogens (tertiary/aromatic N) is 1. The second-order valence-electron chi connectivity index (χ2n) is 7.17. The maximum atomic E-state index is 11.6. The summed E-state index contributed by atoms with van der Waals surface area (Å²) in [5.41, 5.74) is -0.435. The third kappa shape index (κ3) is 5.80. The fourth-order valence-electron chi connectivity index (χ4n) is 2.67. The topological polar surface area (TPSA) is 62.8 Å². The van der Waals surface area contributed by atoms with Gasteiger partial charge >= 0.3 is 6.09 Å². The number of hydrogen-bond donors (Lipinski definition) is 2. The van der Waals surface area contributed by atoms with Crippen molar-refractivity contribution < 1.29 is 14.3 Å². The Morgan fingerprint density at radius 2 is 2.05 bits per heavy atom. The number of nitrogens with one attached hydrogen (secondary N) is 2. The van der Waals surface area contributed by atoms with Crippen LogP contribution >= 0.6 is 0 Å². The lowest BCUT2D eigenvalue weighted by molar-refractivity contribution is -0.0210. The van der Waals surface area contributed by atoms with Gasteiger partial charge in [0.15, 0.2) is 0 Å². The second-order valence-corrected chi connectivity index (χ2v) is 7.17. The van der Waals surface area contributed by atoms with Gasteiger partial charge in [-0.1, -0.05) is 0 Å². The van der Waals surface area contributed by atoms with Gasteiger partial charge in [-0.25, -0.2) is 4.79 Å². The van der Waals surface area contributed by atoms with E-state index >= 15 is 0 Å². The van der Waals surface area contributed by atoms with Crippen molar-refractivity contribution in [3.05, 3.63) is 0 Å². The number of carbonyl (C=O) groups excluding carboxylic acids is 1. The fraction of sp³-hybridized carbons (Fsp3) is 0.933. The minimum atomic E-state index is -0.435. The minimum Gasteiger partial charge on any atom is -0.444 e. The molecule has 0 aromatic rings. The van der Waals surface area contributed by atoms with E-state index < -0.39 is 5.60 Å². The van der Waals surface area contributed by atoms with E-state index in [2.05, 4.69) is 22.6 Å². The number of alkyl carbamates (subject to hydrolysis) is 1. The number of morpholine rings is 1. The third-order valence-corrected chi connectivity index (χ3v) is 3.83. The van der Waals surface area contributed by atoms with Gasteiger partial charge in [-0.05, 0) is 40.7 Å². The Balaban J connectivity index is 1.56. The standard InChI is InChI=1S/C15H29N3O3/c1-15(2,3)21-14(19)17-12-7-11(8-12)16-9-13-10-18(4)5-6-20-13/h11-13,16H,5-10H2,1-4H3,(H,17,19). The van der Waals surface area contributed by atoms with Crippen LogP contribution in [0.25, 0.3) is 0 Å². The smallest absolute Gasteiger partial charge is 0.407 e. The molecule has 2 fully saturated rings. The Labute approximate surface area is 127 Å². The van der Waals surface area contributed by atoms with Crippen LogP contribution in [0.3, 0.4) is 0 Å². The highest BCUT2D eigenvalue weighted by Gasteiger charge is 2.32. The summed E-state index contributed by atoms with van der Waals surface area (Å²) >= 11 is 0. The van der Waals surface area contributed by atoms with Gasteiger partial charge in [-0.15, -0.1) is 0 Å². The molecule has 1 atom stereocenters. The molecule has 6 heteroatoms. The molecule has 1 saturated heterocycles. The van der Waals surface area contributed by atoms with Gasteiger partial charge in [0.05, 0.1) is 12.7 Å². The van der Waals surface area contributed by atoms with Crippen LogP contribution in [0.15, 0.2) is 0 Å². The summed E-state index contributed by atoms with van der Waals surface area (Å²) in [5.74, 6) is 0. The molecule has 6 nitrogen and oxygen atoms in total. The highest BCUT2D eigenvalue weighted by atomic mass is 16.6. The van der Waals surface area contributed by atoms with Crippen LogP contribution in [0.5, 0.6) is 0 Å². The molecule has 1 heterocycles. The van der Waals surface area contributed by atoms with Gasteiger partial charge in [0.25, 0.3) is 0 Å². The average Bonchev–Trinajstić information content (AvgIpc) is 2.29. The SMILES string of the molecule is CN1CCOC(CNC2CC(NC(=O)OC(C)(C)C)C2)C1. The molecule has 21 heavy (non-hydrogen) atoms. The molecule has 1 saturated carbocycles. The van der Waals surface area contributed by atoms with Crippen molar-refractivity contribution >= 4 is 6.09 Å². The van der Waals surface area contributed by atoms with Gasteiger partial charge in [-0.2, -0.15) is 0 Å². The van der Waals surface area contributed by atoms with Crippen molar-refractivity contribution in [1.82, 2.24) is 15.5 Å². The summed E-state index contributed by atoms with van der Waals surface area (Å²) in [6, 6.07) is 0.702. The largest absolute Gasteiger partial charge is 0.444 e. The zero-order valence-corrected chi connectivity index (χ0v) is 13.6. The van der Waals surface area contributed by atoms with Crippen LogP contribution in [0.1, 0.15) is 33.6 Å². The molecular weight excluding hydrogens is 270 g/mol. The van der Waals surface area contributed by atoms with E-state index in [1.165, 1.54) is 0 Å². The van der Waals surface area contributed by atoms with Gasteiger partial charge in [0, 0.05) is 31.7 Å². The molecule has 1 amide bonds. The Morgan fingerprint density at radius 3 is 2.67 bits per heavy atom. The third-order valence-electron chi connectivity index (χ3n) is 3.83. The van der Waals surface area contributed by atoms with E-state index in [0.717, 1.165) is 39.1 Å². The van der Waals surface area contributed by atoms with Gasteiger partial charge < -0.3 is 25.0 Å². The number of likely N-dealkylation sites (N-methyl/N-ethyl adjacent to an activating group) is 1. The summed E-state index contributed by atoms with van der Waals surface area (Å²) in [6.07, 6.45) is 1.88. The zero-order chi connectivity index (χ0) is 15.5. The van der Waals surface area contributed by atoms with Crippen molar-refractivity contribution in [2.24, 2.45) is 0 Å². The minimum absolute atomic E-state index is 0.229. The molecule has 1 unspecified atom stereocenters. The van der Waals surface area contributed by atoms with Crippen molar-refractivity contribution in [3.63, 3.8) is 0 Å². The van der Waals surface area contributed by atoms with Gasteiger partial charge in [0.1, 0.15) is 5.60 Å². The van der Waals surface area contributed by atoms with Crippen molar-refractivity contribution in [1.29, 1.82) is 0 Å². The molecule has 2 aliphatic rings. The Morgan fingerprint density at radius 1 is 1.33 bits per heavy atom.